The van der Waals surface area contributed by atoms with Crippen molar-refractivity contribution in [2.75, 3.05) is 4.72 Å². The highest BCUT2D eigenvalue weighted by atomic mass is 35.5. The maximum atomic E-state index is 14.8. The van der Waals surface area contributed by atoms with E-state index in [1.165, 1.54) is 6.07 Å². The van der Waals surface area contributed by atoms with Gasteiger partial charge >= 0.3 is 0 Å². The molecule has 1 N–H and O–H groups in total. The van der Waals surface area contributed by atoms with Crippen LogP contribution >= 0.6 is 34.8 Å². The minimum absolute atomic E-state index is 0.00497. The Morgan fingerprint density at radius 2 is 1.80 bits per heavy atom. The van der Waals surface area contributed by atoms with Crippen molar-refractivity contribution >= 4 is 50.5 Å². The fraction of sp³-hybridized carbons (Fsp3) is 0.0556. The van der Waals surface area contributed by atoms with Crippen LogP contribution in [0.1, 0.15) is 16.8 Å². The molecular weight excluding hydrogens is 481 g/mol. The first kappa shape index (κ1) is 22.2. The molecule has 0 atom stereocenters. The third kappa shape index (κ3) is 4.79. The van der Waals surface area contributed by atoms with Crippen LogP contribution in [0.2, 0.25) is 15.3 Å². The second-order valence-electron chi connectivity index (χ2n) is 5.79. The van der Waals surface area contributed by atoms with Gasteiger partial charge in [0.25, 0.3) is 10.0 Å². The lowest BCUT2D eigenvalue weighted by Crippen LogP contribution is -2.15. The third-order valence-electron chi connectivity index (χ3n) is 3.66. The number of nitrogens with one attached hydrogen (secondary N) is 1. The van der Waals surface area contributed by atoms with Gasteiger partial charge < -0.3 is 0 Å². The van der Waals surface area contributed by atoms with E-state index in [1.807, 2.05) is 4.72 Å². The van der Waals surface area contributed by atoms with Crippen LogP contribution in [0.25, 0.3) is 0 Å². The second-order valence-corrected chi connectivity index (χ2v) is 8.59. The van der Waals surface area contributed by atoms with Crippen LogP contribution in [0.3, 0.4) is 0 Å². The van der Waals surface area contributed by atoms with Gasteiger partial charge in [0.05, 0.1) is 22.5 Å². The molecule has 0 bridgehead atoms. The average Bonchev–Trinajstić information content (AvgIpc) is 2.68. The highest BCUT2D eigenvalue weighted by Crippen LogP contribution is 2.31. The molecule has 1 aromatic heterocycles. The van der Waals surface area contributed by atoms with Gasteiger partial charge in [0.1, 0.15) is 10.7 Å². The summed E-state index contributed by atoms with van der Waals surface area (Å²) in [6.07, 6.45) is 1.16. The van der Waals surface area contributed by atoms with E-state index in [4.69, 9.17) is 34.8 Å². The fourth-order valence-corrected chi connectivity index (χ4v) is 4.35. The van der Waals surface area contributed by atoms with E-state index in [0.717, 1.165) is 24.4 Å². The molecule has 0 aliphatic rings. The van der Waals surface area contributed by atoms with Gasteiger partial charge in [-0.25, -0.2) is 22.2 Å². The Balaban J connectivity index is 2.01. The molecule has 0 radical (unpaired) electrons. The lowest BCUT2D eigenvalue weighted by Gasteiger charge is -2.13. The molecule has 0 spiro atoms. The molecule has 0 aliphatic carbocycles. The summed E-state index contributed by atoms with van der Waals surface area (Å²) in [5.41, 5.74) is -0.797. The summed E-state index contributed by atoms with van der Waals surface area (Å²) in [6.45, 7) is 1.56. The molecule has 0 aliphatic heterocycles. The Hall–Kier alpha value is -2.51. The number of halogens is 5. The van der Waals surface area contributed by atoms with Crippen molar-refractivity contribution in [2.45, 2.75) is 11.8 Å². The summed E-state index contributed by atoms with van der Waals surface area (Å²) < 4.78 is 56.3. The first-order valence-corrected chi connectivity index (χ1v) is 10.5. The van der Waals surface area contributed by atoms with Gasteiger partial charge in [-0.2, -0.15) is 0 Å². The zero-order valence-corrected chi connectivity index (χ0v) is 17.9. The number of hydrogen-bond donors (Lipinski definition) is 1. The van der Waals surface area contributed by atoms with Crippen molar-refractivity contribution in [3.05, 3.63) is 74.2 Å². The van der Waals surface area contributed by atoms with Gasteiger partial charge in [0.15, 0.2) is 11.5 Å². The number of anilines is 1. The Bertz CT molecular complexity index is 1310. The minimum Gasteiger partial charge on any atom is -0.277 e. The quantitative estimate of drug-likeness (QED) is 0.543. The van der Waals surface area contributed by atoms with Crippen LogP contribution in [-0.2, 0) is 10.0 Å². The van der Waals surface area contributed by atoms with E-state index in [2.05, 4.69) is 27.0 Å². The smallest absolute Gasteiger partial charge is 0.263 e. The molecule has 6 nitrogen and oxygen atoms in total. The normalized spacial score (nSPS) is 11.0. The van der Waals surface area contributed by atoms with E-state index in [1.54, 1.807) is 6.92 Å². The summed E-state index contributed by atoms with van der Waals surface area (Å²) in [5, 5.41) is 6.98. The molecule has 3 aromatic rings. The van der Waals surface area contributed by atoms with Crippen LogP contribution in [0.5, 0.6) is 0 Å². The van der Waals surface area contributed by atoms with Crippen LogP contribution in [-0.4, -0.2) is 23.6 Å². The zero-order valence-electron chi connectivity index (χ0n) is 14.8. The van der Waals surface area contributed by atoms with Gasteiger partial charge in [0.2, 0.25) is 5.28 Å². The summed E-state index contributed by atoms with van der Waals surface area (Å²) in [4.78, 5) is 3.29. The molecule has 0 unspecified atom stereocenters. The predicted octanol–water partition coefficient (Wildman–Crippen LogP) is 4.62. The molecule has 0 fully saturated rings. The van der Waals surface area contributed by atoms with Crippen molar-refractivity contribution in [1.82, 2.24) is 15.2 Å². The molecule has 1 heterocycles. The third-order valence-corrected chi connectivity index (χ3v) is 6.05. The standard InChI is InChI=1S/C18H9Cl3F2N4O2S/c1-9-6-10(19)7-15(16(9)20)30(28,29)27-14-5-4-13(22)12(17(14)23)3-2-11-8-24-18(21)26-25-11/h4-8,27H,1H3. The molecule has 12 heteroatoms. The van der Waals surface area contributed by atoms with Crippen molar-refractivity contribution < 1.29 is 17.2 Å². The number of aromatic nitrogens is 3. The molecule has 3 rings (SSSR count). The average molecular weight is 490 g/mol. The number of rotatable bonds is 3. The summed E-state index contributed by atoms with van der Waals surface area (Å²) in [6, 6.07) is 4.38. The maximum absolute atomic E-state index is 14.8. The molecule has 154 valence electrons. The number of nitrogens with zero attached hydrogens (tertiary/aromatic N) is 3. The number of benzene rings is 2. The first-order valence-electron chi connectivity index (χ1n) is 7.92. The van der Waals surface area contributed by atoms with Gasteiger partial charge in [-0.1, -0.05) is 29.1 Å². The topological polar surface area (TPSA) is 84.8 Å². The summed E-state index contributed by atoms with van der Waals surface area (Å²) >= 11 is 17.5. The summed E-state index contributed by atoms with van der Waals surface area (Å²) in [5.74, 6) is 2.39. The molecule has 30 heavy (non-hydrogen) atoms. The molecule has 0 saturated heterocycles. The summed E-state index contributed by atoms with van der Waals surface area (Å²) in [7, 11) is -4.34. The Kier molecular flexibility index (Phi) is 6.43. The van der Waals surface area contributed by atoms with E-state index in [9.17, 15) is 17.2 Å². The van der Waals surface area contributed by atoms with Gasteiger partial charge in [-0.15, -0.1) is 10.2 Å². The SMILES string of the molecule is Cc1cc(Cl)cc(S(=O)(=O)Nc2ccc(F)c(C#Cc3cnc(Cl)nn3)c2F)c1Cl. The minimum atomic E-state index is -4.34. The first-order chi connectivity index (χ1) is 14.1. The van der Waals surface area contributed by atoms with Crippen molar-refractivity contribution in [1.29, 1.82) is 0 Å². The molecule has 0 saturated carbocycles. The van der Waals surface area contributed by atoms with Crippen LogP contribution < -0.4 is 4.72 Å². The highest BCUT2D eigenvalue weighted by molar-refractivity contribution is 7.92. The maximum Gasteiger partial charge on any atom is 0.263 e. The largest absolute Gasteiger partial charge is 0.277 e. The second kappa shape index (κ2) is 8.70. The van der Waals surface area contributed by atoms with E-state index >= 15 is 0 Å². The number of sulfonamides is 1. The van der Waals surface area contributed by atoms with E-state index in [-0.39, 0.29) is 25.9 Å². The number of hydrogen-bond acceptors (Lipinski definition) is 5. The van der Waals surface area contributed by atoms with E-state index in [0.29, 0.717) is 5.56 Å². The number of aryl methyl sites for hydroxylation is 1. The molecule has 2 aromatic carbocycles. The zero-order chi connectivity index (χ0) is 22.1. The lowest BCUT2D eigenvalue weighted by molar-refractivity contribution is 0.578. The monoisotopic (exact) mass is 488 g/mol. The van der Waals surface area contributed by atoms with Gasteiger partial charge in [-0.3, -0.25) is 4.72 Å². The Morgan fingerprint density at radius 1 is 1.07 bits per heavy atom. The van der Waals surface area contributed by atoms with Gasteiger partial charge in [-0.05, 0) is 54.3 Å². The van der Waals surface area contributed by atoms with Crippen LogP contribution in [0.15, 0.2) is 35.4 Å². The predicted molar refractivity (Wildman–Crippen MR) is 109 cm³/mol. The lowest BCUT2D eigenvalue weighted by atomic mass is 10.1. The fourth-order valence-electron chi connectivity index (χ4n) is 2.28. The Labute approximate surface area is 185 Å². The molecular formula is C18H9Cl3F2N4O2S. The van der Waals surface area contributed by atoms with E-state index < -0.39 is 32.9 Å². The van der Waals surface area contributed by atoms with Crippen molar-refractivity contribution in [2.24, 2.45) is 0 Å². The van der Waals surface area contributed by atoms with Crippen molar-refractivity contribution in [3.8, 4) is 11.8 Å². The van der Waals surface area contributed by atoms with Crippen molar-refractivity contribution in [3.63, 3.8) is 0 Å². The van der Waals surface area contributed by atoms with Gasteiger partial charge in [0, 0.05) is 5.02 Å². The van der Waals surface area contributed by atoms with Crippen LogP contribution in [0.4, 0.5) is 14.5 Å². The highest BCUT2D eigenvalue weighted by Gasteiger charge is 2.23. The Morgan fingerprint density at radius 3 is 2.47 bits per heavy atom. The van der Waals surface area contributed by atoms with Crippen LogP contribution in [0, 0.1) is 30.4 Å². The molecule has 0 amide bonds.